The smallest absolute Gasteiger partial charge is 0.273 e. The molecule has 0 aromatic rings. The minimum atomic E-state index is -4.75. The number of hydrogen-bond acceptors (Lipinski definition) is 6. The van der Waals surface area contributed by atoms with E-state index in [2.05, 4.69) is 4.28 Å². The Hall–Kier alpha value is -0.670. The zero-order chi connectivity index (χ0) is 9.99. The summed E-state index contributed by atoms with van der Waals surface area (Å²) in [6.45, 7) is 0.970. The van der Waals surface area contributed by atoms with E-state index in [1.54, 1.807) is 0 Å². The fraction of sp³-hybridized carbons (Fsp3) is 0.667. The second-order valence-corrected chi connectivity index (χ2v) is 7.29. The first-order valence-electron chi connectivity index (χ1n) is 2.57. The summed E-state index contributed by atoms with van der Waals surface area (Å²) < 4.78 is 45.5. The van der Waals surface area contributed by atoms with E-state index in [1.165, 1.54) is 5.48 Å². The Morgan fingerprint density at radius 2 is 1.67 bits per heavy atom. The number of amides is 1. The van der Waals surface area contributed by atoms with Crippen LogP contribution in [0.2, 0.25) is 0 Å². The van der Waals surface area contributed by atoms with Crippen LogP contribution < -0.4 is 5.48 Å². The monoisotopic (exact) mass is 217 g/mol. The summed E-state index contributed by atoms with van der Waals surface area (Å²) in [6.07, 6.45) is 0.449. The highest BCUT2D eigenvalue weighted by molar-refractivity contribution is 8.65. The van der Waals surface area contributed by atoms with E-state index >= 15 is 0 Å². The number of hydrogen-bond donors (Lipinski definition) is 1. The lowest BCUT2D eigenvalue weighted by molar-refractivity contribution is -0.125. The third-order valence-corrected chi connectivity index (χ3v) is 4.12. The van der Waals surface area contributed by atoms with Gasteiger partial charge in [-0.15, -0.1) is 4.28 Å². The maximum Gasteiger partial charge on any atom is 0.395 e. The van der Waals surface area contributed by atoms with E-state index in [0.717, 1.165) is 6.92 Å². The van der Waals surface area contributed by atoms with Gasteiger partial charge in [0.2, 0.25) is 5.91 Å². The zero-order valence-electron chi connectivity index (χ0n) is 6.27. The van der Waals surface area contributed by atoms with Crippen molar-refractivity contribution in [2.75, 3.05) is 6.26 Å². The lowest BCUT2D eigenvalue weighted by Crippen LogP contribution is -2.28. The molecule has 0 atom stereocenters. The molecule has 1 N–H and O–H groups in total. The Morgan fingerprint density at radius 1 is 1.25 bits per heavy atom. The lowest BCUT2D eigenvalue weighted by Gasteiger charge is -2.00. The Morgan fingerprint density at radius 3 is 1.92 bits per heavy atom. The van der Waals surface area contributed by atoms with Crippen LogP contribution in [0, 0.1) is 0 Å². The molecule has 12 heavy (non-hydrogen) atoms. The molecule has 0 bridgehead atoms. The molecule has 7 nitrogen and oxygen atoms in total. The van der Waals surface area contributed by atoms with Crippen LogP contribution in [0.4, 0.5) is 0 Å². The van der Waals surface area contributed by atoms with Gasteiger partial charge in [-0.05, 0) is 0 Å². The van der Waals surface area contributed by atoms with Crippen molar-refractivity contribution >= 4 is 23.9 Å². The summed E-state index contributed by atoms with van der Waals surface area (Å²) in [6, 6.07) is 0. The maximum atomic E-state index is 10.5. The normalized spacial score (nSPS) is 12.5. The van der Waals surface area contributed by atoms with Crippen molar-refractivity contribution in [1.29, 1.82) is 0 Å². The van der Waals surface area contributed by atoms with Gasteiger partial charge in [-0.3, -0.25) is 4.79 Å². The average Bonchev–Trinajstić information content (AvgIpc) is 1.81. The molecule has 0 saturated heterocycles. The van der Waals surface area contributed by atoms with Crippen molar-refractivity contribution in [2.45, 2.75) is 6.92 Å². The summed E-state index contributed by atoms with van der Waals surface area (Å²) in [4.78, 5) is 10.1. The maximum absolute atomic E-state index is 10.5. The van der Waals surface area contributed by atoms with E-state index in [9.17, 15) is 21.6 Å². The Balaban J connectivity index is 4.60. The van der Waals surface area contributed by atoms with Crippen molar-refractivity contribution in [2.24, 2.45) is 0 Å². The van der Waals surface area contributed by atoms with Gasteiger partial charge in [0.05, 0.1) is 6.26 Å². The average molecular weight is 217 g/mol. The molecule has 9 heteroatoms. The largest absolute Gasteiger partial charge is 0.395 e. The zero-order valence-corrected chi connectivity index (χ0v) is 7.90. The highest BCUT2D eigenvalue weighted by atomic mass is 33.2. The second-order valence-electron chi connectivity index (χ2n) is 1.85. The van der Waals surface area contributed by atoms with Crippen molar-refractivity contribution in [1.82, 2.24) is 5.48 Å². The number of rotatable bonds is 3. The first kappa shape index (κ1) is 11.3. The standard InChI is InChI=1S/C3H7NO6S2/c1-3(5)4-10-12(8,9)11(2,6)7/h1-2H3,(H,4,5). The van der Waals surface area contributed by atoms with Crippen LogP contribution in [0.1, 0.15) is 6.92 Å². The molecule has 0 aromatic heterocycles. The van der Waals surface area contributed by atoms with Gasteiger partial charge in [-0.25, -0.2) is 13.9 Å². The van der Waals surface area contributed by atoms with Crippen LogP contribution >= 0.6 is 0 Å². The lowest BCUT2D eigenvalue weighted by atomic mass is 10.8. The number of hydroxylamine groups is 1. The van der Waals surface area contributed by atoms with E-state index in [4.69, 9.17) is 0 Å². The quantitative estimate of drug-likeness (QED) is 0.448. The molecule has 0 unspecified atom stereocenters. The molecule has 0 spiro atoms. The Labute approximate surface area is 69.1 Å². The second kappa shape index (κ2) is 3.37. The SMILES string of the molecule is CC(=O)NOS(=O)(=O)S(C)(=O)=O. The molecule has 0 saturated carbocycles. The third-order valence-electron chi connectivity index (χ3n) is 0.658. The van der Waals surface area contributed by atoms with Crippen LogP contribution in [-0.4, -0.2) is 29.0 Å². The fourth-order valence-corrected chi connectivity index (χ4v) is 0.987. The van der Waals surface area contributed by atoms with Gasteiger partial charge < -0.3 is 0 Å². The van der Waals surface area contributed by atoms with Crippen LogP contribution in [0.15, 0.2) is 0 Å². The number of carbonyl (C=O) groups excluding carboxylic acids is 1. The molecule has 0 fully saturated rings. The van der Waals surface area contributed by atoms with Crippen molar-refractivity contribution in [3.63, 3.8) is 0 Å². The molecule has 0 aromatic carbocycles. The van der Waals surface area contributed by atoms with E-state index in [-0.39, 0.29) is 0 Å². The molecule has 0 aliphatic rings. The molecular weight excluding hydrogens is 210 g/mol. The van der Waals surface area contributed by atoms with Crippen molar-refractivity contribution < 1.29 is 25.9 Å². The summed E-state index contributed by atoms with van der Waals surface area (Å²) in [7, 11) is -9.12. The van der Waals surface area contributed by atoms with Crippen LogP contribution in [0.3, 0.4) is 0 Å². The van der Waals surface area contributed by atoms with Gasteiger partial charge >= 0.3 is 9.15 Å². The first-order chi connectivity index (χ1) is 5.17. The van der Waals surface area contributed by atoms with Gasteiger partial charge in [0.15, 0.2) is 0 Å². The molecule has 0 rings (SSSR count). The van der Waals surface area contributed by atoms with Gasteiger partial charge in [0, 0.05) is 6.92 Å². The summed E-state index contributed by atoms with van der Waals surface area (Å²) >= 11 is 0. The highest BCUT2D eigenvalue weighted by Gasteiger charge is 2.26. The molecule has 0 aliphatic heterocycles. The van der Waals surface area contributed by atoms with Crippen LogP contribution in [0.5, 0.6) is 0 Å². The molecular formula is C3H7NO6S2. The number of nitrogens with one attached hydrogen (secondary N) is 1. The fourth-order valence-electron chi connectivity index (χ4n) is 0.172. The molecule has 72 valence electrons. The van der Waals surface area contributed by atoms with E-state index in [1.807, 2.05) is 0 Å². The van der Waals surface area contributed by atoms with Gasteiger partial charge in [-0.1, -0.05) is 0 Å². The minimum absolute atomic E-state index is 0.449. The van der Waals surface area contributed by atoms with Crippen LogP contribution in [-0.2, 0) is 27.1 Å². The molecule has 0 radical (unpaired) electrons. The number of carbonyl (C=O) groups is 1. The van der Waals surface area contributed by atoms with Crippen LogP contribution in [0.25, 0.3) is 0 Å². The Kier molecular flexibility index (Phi) is 3.18. The van der Waals surface area contributed by atoms with E-state index < -0.39 is 23.9 Å². The Bertz CT molecular complexity index is 364. The summed E-state index contributed by atoms with van der Waals surface area (Å²) in [5, 5.41) is 0. The van der Waals surface area contributed by atoms with Gasteiger partial charge in [0.1, 0.15) is 0 Å². The third kappa shape index (κ3) is 3.15. The molecule has 1 amide bonds. The predicted molar refractivity (Wildman–Crippen MR) is 38.7 cm³/mol. The van der Waals surface area contributed by atoms with E-state index in [0.29, 0.717) is 6.26 Å². The molecule has 0 aliphatic carbocycles. The first-order valence-corrected chi connectivity index (χ1v) is 6.38. The summed E-state index contributed by atoms with van der Waals surface area (Å²) in [5.41, 5.74) is 1.39. The van der Waals surface area contributed by atoms with Gasteiger partial charge in [-0.2, -0.15) is 8.42 Å². The predicted octanol–water partition coefficient (Wildman–Crippen LogP) is -1.66. The minimum Gasteiger partial charge on any atom is -0.273 e. The summed E-state index contributed by atoms with van der Waals surface area (Å²) in [5.74, 6) is -0.817. The topological polar surface area (TPSA) is 107 Å². The van der Waals surface area contributed by atoms with Gasteiger partial charge in [0.25, 0.3) is 8.87 Å². The van der Waals surface area contributed by atoms with Crippen molar-refractivity contribution in [3.05, 3.63) is 0 Å². The molecule has 0 heterocycles. The van der Waals surface area contributed by atoms with Crippen molar-refractivity contribution in [3.8, 4) is 0 Å². The highest BCUT2D eigenvalue weighted by Crippen LogP contribution is 1.99.